The van der Waals surface area contributed by atoms with Crippen LogP contribution in [0.4, 0.5) is 11.4 Å². The summed E-state index contributed by atoms with van der Waals surface area (Å²) in [5.74, 6) is 0.0631. The summed E-state index contributed by atoms with van der Waals surface area (Å²) >= 11 is 5.83. The highest BCUT2D eigenvalue weighted by Gasteiger charge is 2.13. The molecule has 8 nitrogen and oxygen atoms in total. The molecular weight excluding hydrogens is 454 g/mol. The van der Waals surface area contributed by atoms with Crippen LogP contribution in [0.3, 0.4) is 0 Å². The van der Waals surface area contributed by atoms with Crippen LogP contribution < -0.4 is 5.32 Å². The maximum absolute atomic E-state index is 12.5. The van der Waals surface area contributed by atoms with Gasteiger partial charge in [0.1, 0.15) is 16.1 Å². The molecule has 0 spiro atoms. The van der Waals surface area contributed by atoms with Crippen LogP contribution in [0.25, 0.3) is 22.8 Å². The monoisotopic (exact) mass is 475 g/mol. The largest absolute Gasteiger partial charge is 0.322 e. The van der Waals surface area contributed by atoms with Crippen LogP contribution in [-0.4, -0.2) is 25.8 Å². The number of nitrogens with one attached hydrogen (secondary N) is 1. The number of aromatic nitrogens is 3. The molecule has 0 fully saturated rings. The van der Waals surface area contributed by atoms with Crippen LogP contribution in [0.1, 0.15) is 36.5 Å². The van der Waals surface area contributed by atoms with E-state index in [1.165, 1.54) is 29.8 Å². The lowest BCUT2D eigenvalue weighted by molar-refractivity contribution is -0.384. The topological polar surface area (TPSA) is 103 Å². The minimum atomic E-state index is -0.565. The summed E-state index contributed by atoms with van der Waals surface area (Å²) in [4.78, 5) is 24.5. The average molecular weight is 476 g/mol. The number of fused-ring (bicyclic) bond motifs is 1. The van der Waals surface area contributed by atoms with Gasteiger partial charge in [-0.25, -0.2) is 0 Å². The highest BCUT2D eigenvalue weighted by Crippen LogP contribution is 2.26. The molecule has 4 rings (SSSR count). The number of benzene rings is 3. The SMILES string of the molecule is Cc1cc2nn(-c3ccc(C(C)C)cc3)nc2cc1NC(=O)/C=C/c1ccc(Cl)c([N+](=O)[O-])c1. The van der Waals surface area contributed by atoms with Crippen LogP contribution >= 0.6 is 11.6 Å². The van der Waals surface area contributed by atoms with Crippen molar-refractivity contribution in [1.29, 1.82) is 0 Å². The van der Waals surface area contributed by atoms with E-state index in [0.29, 0.717) is 28.2 Å². The molecule has 4 aromatic rings. The molecule has 0 aliphatic heterocycles. The summed E-state index contributed by atoms with van der Waals surface area (Å²) in [6.07, 6.45) is 2.80. The molecule has 0 radical (unpaired) electrons. The van der Waals surface area contributed by atoms with Gasteiger partial charge in [-0.2, -0.15) is 4.80 Å². The number of carbonyl (C=O) groups is 1. The summed E-state index contributed by atoms with van der Waals surface area (Å²) < 4.78 is 0. The lowest BCUT2D eigenvalue weighted by Gasteiger charge is -2.06. The Kier molecular flexibility index (Phi) is 6.43. The first-order valence-electron chi connectivity index (χ1n) is 10.6. The lowest BCUT2D eigenvalue weighted by atomic mass is 10.0. The molecule has 0 aliphatic rings. The maximum atomic E-state index is 12.5. The van der Waals surface area contributed by atoms with Gasteiger partial charge in [0.15, 0.2) is 0 Å². The van der Waals surface area contributed by atoms with E-state index < -0.39 is 4.92 Å². The molecule has 172 valence electrons. The van der Waals surface area contributed by atoms with Gasteiger partial charge in [0.2, 0.25) is 5.91 Å². The second-order valence-corrected chi connectivity index (χ2v) is 8.59. The zero-order valence-corrected chi connectivity index (χ0v) is 19.6. The highest BCUT2D eigenvalue weighted by molar-refractivity contribution is 6.32. The van der Waals surface area contributed by atoms with Crippen molar-refractivity contribution in [3.63, 3.8) is 0 Å². The van der Waals surface area contributed by atoms with Gasteiger partial charge in [-0.1, -0.05) is 43.6 Å². The number of nitro groups is 1. The number of anilines is 1. The Morgan fingerprint density at radius 2 is 1.76 bits per heavy atom. The van der Waals surface area contributed by atoms with Gasteiger partial charge in [0.25, 0.3) is 5.69 Å². The van der Waals surface area contributed by atoms with Crippen LogP contribution in [0.5, 0.6) is 0 Å². The van der Waals surface area contributed by atoms with Crippen molar-refractivity contribution in [2.24, 2.45) is 0 Å². The minimum Gasteiger partial charge on any atom is -0.322 e. The third-order valence-corrected chi connectivity index (χ3v) is 5.69. The summed E-state index contributed by atoms with van der Waals surface area (Å²) in [7, 11) is 0. The Morgan fingerprint density at radius 3 is 2.41 bits per heavy atom. The number of hydrogen-bond acceptors (Lipinski definition) is 5. The number of hydrogen-bond donors (Lipinski definition) is 1. The molecule has 1 amide bonds. The third kappa shape index (κ3) is 4.97. The molecule has 1 heterocycles. The van der Waals surface area contributed by atoms with E-state index in [1.54, 1.807) is 16.9 Å². The fraction of sp³-hybridized carbons (Fsp3) is 0.160. The van der Waals surface area contributed by atoms with Gasteiger partial charge in [-0.05, 0) is 65.9 Å². The van der Waals surface area contributed by atoms with Crippen molar-refractivity contribution in [2.45, 2.75) is 26.7 Å². The molecule has 0 saturated carbocycles. The molecular formula is C25H22ClN5O3. The molecule has 1 aromatic heterocycles. The fourth-order valence-electron chi connectivity index (χ4n) is 3.43. The minimum absolute atomic E-state index is 0.0411. The van der Waals surface area contributed by atoms with Crippen LogP contribution in [0, 0.1) is 17.0 Å². The molecule has 0 atom stereocenters. The standard InChI is InChI=1S/C25H22ClN5O3/c1-15(2)18-6-8-19(9-7-18)30-28-22-12-16(3)21(14-23(22)29-30)27-25(32)11-5-17-4-10-20(26)24(13-17)31(33)34/h4-15H,1-3H3,(H,27,32)/b11-5+. The normalized spacial score (nSPS) is 11.4. The molecule has 0 bridgehead atoms. The first-order valence-corrected chi connectivity index (χ1v) is 11.0. The predicted octanol–water partition coefficient (Wildman–Crippen LogP) is 6.07. The second kappa shape index (κ2) is 9.44. The molecule has 3 aromatic carbocycles. The Balaban J connectivity index is 1.53. The van der Waals surface area contributed by atoms with Crippen molar-refractivity contribution < 1.29 is 9.72 Å². The quantitative estimate of drug-likeness (QED) is 0.207. The van der Waals surface area contributed by atoms with Crippen LogP contribution in [-0.2, 0) is 4.79 Å². The summed E-state index contributed by atoms with van der Waals surface area (Å²) in [6, 6.07) is 16.1. The number of rotatable bonds is 6. The Bertz CT molecular complexity index is 1420. The lowest BCUT2D eigenvalue weighted by Crippen LogP contribution is -2.09. The van der Waals surface area contributed by atoms with Gasteiger partial charge < -0.3 is 5.32 Å². The molecule has 0 unspecified atom stereocenters. The number of halogens is 1. The highest BCUT2D eigenvalue weighted by atomic mass is 35.5. The Hall–Kier alpha value is -4.04. The van der Waals surface area contributed by atoms with Crippen molar-refractivity contribution in [1.82, 2.24) is 15.0 Å². The van der Waals surface area contributed by atoms with E-state index in [4.69, 9.17) is 11.6 Å². The molecule has 34 heavy (non-hydrogen) atoms. The van der Waals surface area contributed by atoms with E-state index in [2.05, 4.69) is 41.5 Å². The first kappa shape index (κ1) is 23.1. The molecule has 9 heteroatoms. The smallest absolute Gasteiger partial charge is 0.288 e. The van der Waals surface area contributed by atoms with Crippen molar-refractivity contribution in [3.05, 3.63) is 92.5 Å². The summed E-state index contributed by atoms with van der Waals surface area (Å²) in [5, 5.41) is 23.0. The number of aryl methyl sites for hydroxylation is 1. The molecule has 0 aliphatic carbocycles. The van der Waals surface area contributed by atoms with E-state index >= 15 is 0 Å². The van der Waals surface area contributed by atoms with E-state index in [0.717, 1.165) is 11.3 Å². The average Bonchev–Trinajstić information content (AvgIpc) is 3.21. The fourth-order valence-corrected chi connectivity index (χ4v) is 3.62. The van der Waals surface area contributed by atoms with Crippen molar-refractivity contribution in [2.75, 3.05) is 5.32 Å². The van der Waals surface area contributed by atoms with Gasteiger partial charge in [0.05, 0.1) is 10.6 Å². The van der Waals surface area contributed by atoms with E-state index in [1.807, 2.05) is 25.1 Å². The van der Waals surface area contributed by atoms with Gasteiger partial charge in [-0.15, -0.1) is 10.2 Å². The van der Waals surface area contributed by atoms with Crippen molar-refractivity contribution in [3.8, 4) is 5.69 Å². The van der Waals surface area contributed by atoms with E-state index in [-0.39, 0.29) is 16.6 Å². The zero-order valence-electron chi connectivity index (χ0n) is 18.8. The second-order valence-electron chi connectivity index (χ2n) is 8.18. The first-order chi connectivity index (χ1) is 16.2. The Labute approximate surface area is 201 Å². The van der Waals surface area contributed by atoms with Gasteiger partial charge in [0, 0.05) is 17.8 Å². The van der Waals surface area contributed by atoms with Crippen LogP contribution in [0.15, 0.2) is 60.7 Å². The van der Waals surface area contributed by atoms with E-state index in [9.17, 15) is 14.9 Å². The zero-order chi connectivity index (χ0) is 24.4. The molecule has 0 saturated heterocycles. The number of nitrogens with zero attached hydrogens (tertiary/aromatic N) is 4. The van der Waals surface area contributed by atoms with Crippen LogP contribution in [0.2, 0.25) is 5.02 Å². The summed E-state index contributed by atoms with van der Waals surface area (Å²) in [5.41, 5.74) is 5.16. The van der Waals surface area contributed by atoms with Crippen molar-refractivity contribution >= 4 is 46.0 Å². The van der Waals surface area contributed by atoms with Gasteiger partial charge >= 0.3 is 0 Å². The third-order valence-electron chi connectivity index (χ3n) is 5.37. The number of carbonyl (C=O) groups excluding carboxylic acids is 1. The maximum Gasteiger partial charge on any atom is 0.288 e. The van der Waals surface area contributed by atoms with Gasteiger partial charge in [-0.3, -0.25) is 14.9 Å². The predicted molar refractivity (Wildman–Crippen MR) is 133 cm³/mol. The number of nitro benzene ring substituents is 1. The number of amides is 1. The Morgan fingerprint density at radius 1 is 1.09 bits per heavy atom. The molecule has 1 N–H and O–H groups in total. The summed E-state index contributed by atoms with van der Waals surface area (Å²) in [6.45, 7) is 6.16.